The first-order chi connectivity index (χ1) is 20.2. The molecule has 1 aliphatic heterocycles. The van der Waals surface area contributed by atoms with E-state index in [0.29, 0.717) is 16.1 Å². The summed E-state index contributed by atoms with van der Waals surface area (Å²) >= 11 is 6.20. The molecular formula is C33H32ClF3N4O. The largest absolute Gasteiger partial charge is 0.433 e. The van der Waals surface area contributed by atoms with Crippen molar-refractivity contribution in [3.05, 3.63) is 106 Å². The zero-order chi connectivity index (χ0) is 29.4. The van der Waals surface area contributed by atoms with Crippen LogP contribution in [-0.2, 0) is 25.8 Å². The van der Waals surface area contributed by atoms with Gasteiger partial charge in [0.25, 0.3) is 5.91 Å². The van der Waals surface area contributed by atoms with Crippen molar-refractivity contribution in [3.8, 4) is 0 Å². The average molecular weight is 593 g/mol. The fourth-order valence-corrected chi connectivity index (χ4v) is 6.51. The molecule has 4 aromatic rings. The highest BCUT2D eigenvalue weighted by Gasteiger charge is 2.35. The van der Waals surface area contributed by atoms with E-state index in [2.05, 4.69) is 33.4 Å². The number of nitrogens with one attached hydrogen (secondary N) is 1. The van der Waals surface area contributed by atoms with Crippen LogP contribution in [0.25, 0.3) is 10.9 Å². The molecular weight excluding hydrogens is 561 g/mol. The molecule has 0 bridgehead atoms. The summed E-state index contributed by atoms with van der Waals surface area (Å²) in [4.78, 5) is 21.5. The van der Waals surface area contributed by atoms with E-state index in [1.807, 2.05) is 42.3 Å². The van der Waals surface area contributed by atoms with Gasteiger partial charge in [-0.25, -0.2) is 4.98 Å². The van der Waals surface area contributed by atoms with E-state index in [1.54, 1.807) is 12.1 Å². The number of carbonyl (C=O) groups excluding carboxylic acids is 1. The lowest BCUT2D eigenvalue weighted by atomic mass is 9.89. The van der Waals surface area contributed by atoms with E-state index in [0.717, 1.165) is 62.5 Å². The van der Waals surface area contributed by atoms with Crippen LogP contribution < -0.4 is 10.2 Å². The third-order valence-electron chi connectivity index (χ3n) is 8.54. The van der Waals surface area contributed by atoms with Gasteiger partial charge in [0.1, 0.15) is 5.69 Å². The van der Waals surface area contributed by atoms with Crippen molar-refractivity contribution in [1.82, 2.24) is 15.2 Å². The van der Waals surface area contributed by atoms with Gasteiger partial charge in [-0.05, 0) is 72.7 Å². The van der Waals surface area contributed by atoms with Crippen molar-refractivity contribution in [2.24, 2.45) is 0 Å². The Bertz CT molecular complexity index is 1600. The van der Waals surface area contributed by atoms with Gasteiger partial charge in [0, 0.05) is 60.4 Å². The molecule has 0 radical (unpaired) electrons. The summed E-state index contributed by atoms with van der Waals surface area (Å²) in [5, 5.41) is 4.28. The Kier molecular flexibility index (Phi) is 7.85. The van der Waals surface area contributed by atoms with Crippen molar-refractivity contribution in [3.63, 3.8) is 0 Å². The number of halogens is 4. The van der Waals surface area contributed by atoms with Crippen LogP contribution in [0.5, 0.6) is 0 Å². The van der Waals surface area contributed by atoms with Crippen LogP contribution >= 0.6 is 11.6 Å². The summed E-state index contributed by atoms with van der Waals surface area (Å²) in [5.41, 5.74) is 4.04. The zero-order valence-electron chi connectivity index (χ0n) is 23.3. The number of carbonyl (C=O) groups is 1. The predicted octanol–water partition coefficient (Wildman–Crippen LogP) is 7.60. The second-order valence-corrected chi connectivity index (χ2v) is 11.8. The van der Waals surface area contributed by atoms with Crippen LogP contribution in [0.4, 0.5) is 18.9 Å². The summed E-state index contributed by atoms with van der Waals surface area (Å²) in [7, 11) is 1.83. The lowest BCUT2D eigenvalue weighted by Crippen LogP contribution is -2.43. The minimum atomic E-state index is -4.55. The van der Waals surface area contributed by atoms with Crippen molar-refractivity contribution < 1.29 is 18.0 Å². The maximum atomic E-state index is 13.6. The third kappa shape index (κ3) is 5.96. The molecule has 5 nitrogen and oxygen atoms in total. The first-order valence-corrected chi connectivity index (χ1v) is 14.6. The van der Waals surface area contributed by atoms with E-state index in [4.69, 9.17) is 11.6 Å². The Morgan fingerprint density at radius 1 is 1.00 bits per heavy atom. The highest BCUT2D eigenvalue weighted by molar-refractivity contribution is 6.31. The summed E-state index contributed by atoms with van der Waals surface area (Å²) in [6, 6.07) is 22.2. The van der Waals surface area contributed by atoms with Crippen LogP contribution in [0.2, 0.25) is 5.02 Å². The van der Waals surface area contributed by atoms with Crippen LogP contribution in [0, 0.1) is 0 Å². The number of anilines is 1. The molecule has 1 aromatic heterocycles. The number of fused-ring (bicyclic) bond motifs is 2. The minimum Gasteiger partial charge on any atom is -0.371 e. The van der Waals surface area contributed by atoms with Crippen LogP contribution in [-0.4, -0.2) is 34.9 Å². The smallest absolute Gasteiger partial charge is 0.371 e. The van der Waals surface area contributed by atoms with E-state index in [9.17, 15) is 18.0 Å². The van der Waals surface area contributed by atoms with Crippen molar-refractivity contribution in [2.45, 2.75) is 63.6 Å². The fourth-order valence-electron chi connectivity index (χ4n) is 6.34. The second-order valence-electron chi connectivity index (χ2n) is 11.3. The van der Waals surface area contributed by atoms with Gasteiger partial charge in [-0.3, -0.25) is 9.69 Å². The highest BCUT2D eigenvalue weighted by atomic mass is 35.5. The lowest BCUT2D eigenvalue weighted by molar-refractivity contribution is -0.140. The van der Waals surface area contributed by atoms with Gasteiger partial charge >= 0.3 is 6.18 Å². The number of hydrogen-bond donors (Lipinski definition) is 1. The number of alkyl halides is 3. The molecule has 1 N–H and O–H groups in total. The Balaban J connectivity index is 1.11. The van der Waals surface area contributed by atoms with Gasteiger partial charge in [-0.15, -0.1) is 0 Å². The van der Waals surface area contributed by atoms with Gasteiger partial charge in [-0.1, -0.05) is 54.1 Å². The van der Waals surface area contributed by atoms with Gasteiger partial charge in [-0.2, -0.15) is 13.2 Å². The van der Waals surface area contributed by atoms with Gasteiger partial charge in [0.05, 0.1) is 5.52 Å². The number of hydrogen-bond acceptors (Lipinski definition) is 4. The number of aromatic nitrogens is 1. The molecule has 1 amide bonds. The van der Waals surface area contributed by atoms with Gasteiger partial charge in [0.2, 0.25) is 0 Å². The Labute approximate surface area is 248 Å². The Morgan fingerprint density at radius 3 is 2.50 bits per heavy atom. The molecule has 1 fully saturated rings. The van der Waals surface area contributed by atoms with Gasteiger partial charge in [0.15, 0.2) is 0 Å². The minimum absolute atomic E-state index is 0.00851. The number of rotatable bonds is 6. The normalized spacial score (nSPS) is 19.1. The first-order valence-electron chi connectivity index (χ1n) is 14.2. The molecule has 6 rings (SSSR count). The predicted molar refractivity (Wildman–Crippen MR) is 160 cm³/mol. The molecule has 42 heavy (non-hydrogen) atoms. The van der Waals surface area contributed by atoms with E-state index < -0.39 is 11.9 Å². The van der Waals surface area contributed by atoms with Crippen molar-refractivity contribution in [2.75, 3.05) is 11.9 Å². The number of nitrogens with zero attached hydrogens (tertiary/aromatic N) is 3. The van der Waals surface area contributed by atoms with Gasteiger partial charge < -0.3 is 10.2 Å². The second kappa shape index (κ2) is 11.6. The zero-order valence-corrected chi connectivity index (χ0v) is 24.1. The highest BCUT2D eigenvalue weighted by Crippen LogP contribution is 2.37. The molecule has 1 saturated carbocycles. The van der Waals surface area contributed by atoms with Crippen molar-refractivity contribution in [1.29, 1.82) is 0 Å². The molecule has 9 heteroatoms. The number of pyridine rings is 1. The fraction of sp³-hybridized carbons (Fsp3) is 0.333. The molecule has 2 aliphatic rings. The summed E-state index contributed by atoms with van der Waals surface area (Å²) in [6.07, 6.45) is -1.59. The molecule has 3 aromatic carbocycles. The lowest BCUT2D eigenvalue weighted by Gasteiger charge is -2.37. The number of benzene rings is 3. The SMILES string of the molecule is CN(c1cc(C(F)(F)F)nc2ccc(Cl)cc12)[C@H]1CC[C@@H](NC(=O)c2cccc3c2CN(Cc2ccccc2)C3)CC1. The summed E-state index contributed by atoms with van der Waals surface area (Å²) < 4.78 is 40.9. The molecule has 0 unspecified atom stereocenters. The van der Waals surface area contributed by atoms with E-state index in [-0.39, 0.29) is 23.5 Å². The standard InChI is InChI=1S/C33H32ClF3N4O/c1-40(30-17-31(33(35,36)37)39-29-15-10-23(34)16-27(29)30)25-13-11-24(12-14-25)38-32(42)26-9-5-8-22-19-41(20-28(22)26)18-21-6-3-2-4-7-21/h2-10,15-17,24-25H,11-14,18-20H2,1H3,(H,38,42)/t24-,25+. The van der Waals surface area contributed by atoms with Crippen LogP contribution in [0.15, 0.2) is 72.8 Å². The topological polar surface area (TPSA) is 48.5 Å². The number of amides is 1. The van der Waals surface area contributed by atoms with E-state index in [1.165, 1.54) is 17.2 Å². The molecule has 218 valence electrons. The summed E-state index contributed by atoms with van der Waals surface area (Å²) in [6.45, 7) is 2.38. The Morgan fingerprint density at radius 2 is 1.76 bits per heavy atom. The molecule has 1 aliphatic carbocycles. The van der Waals surface area contributed by atoms with Crippen molar-refractivity contribution >= 4 is 34.1 Å². The molecule has 0 spiro atoms. The Hall–Kier alpha value is -3.62. The van der Waals surface area contributed by atoms with E-state index >= 15 is 0 Å². The quantitative estimate of drug-likeness (QED) is 0.250. The molecule has 0 atom stereocenters. The third-order valence-corrected chi connectivity index (χ3v) is 8.78. The summed E-state index contributed by atoms with van der Waals surface area (Å²) in [5.74, 6) is -0.0604. The molecule has 2 heterocycles. The van der Waals surface area contributed by atoms with Crippen LogP contribution in [0.1, 0.15) is 58.4 Å². The van der Waals surface area contributed by atoms with Crippen LogP contribution in [0.3, 0.4) is 0 Å². The maximum Gasteiger partial charge on any atom is 0.433 e. The monoisotopic (exact) mass is 592 g/mol. The first kappa shape index (κ1) is 28.5. The average Bonchev–Trinajstić information content (AvgIpc) is 3.39. The molecule has 0 saturated heterocycles. The maximum absolute atomic E-state index is 13.6.